The summed E-state index contributed by atoms with van der Waals surface area (Å²) in [7, 11) is 0. The molecule has 2 rings (SSSR count). The first-order chi connectivity index (χ1) is 9.94. The van der Waals surface area contributed by atoms with Gasteiger partial charge in [-0.3, -0.25) is 0 Å². The lowest BCUT2D eigenvalue weighted by atomic mass is 10.1. The van der Waals surface area contributed by atoms with E-state index in [0.717, 1.165) is 5.56 Å². The second-order valence-corrected chi connectivity index (χ2v) is 5.67. The van der Waals surface area contributed by atoms with E-state index in [1.165, 1.54) is 6.39 Å². The normalized spacial score (nSPS) is 12.7. The Morgan fingerprint density at radius 1 is 1.33 bits per heavy atom. The van der Waals surface area contributed by atoms with E-state index in [9.17, 15) is 4.79 Å². The van der Waals surface area contributed by atoms with Gasteiger partial charge in [-0.25, -0.2) is 4.79 Å². The first-order valence-corrected chi connectivity index (χ1v) is 6.73. The molecule has 1 N–H and O–H groups in total. The highest BCUT2D eigenvalue weighted by Gasteiger charge is 2.23. The summed E-state index contributed by atoms with van der Waals surface area (Å²) in [6.45, 7) is 5.43. The van der Waals surface area contributed by atoms with Crippen molar-refractivity contribution < 1.29 is 13.9 Å². The van der Waals surface area contributed by atoms with Crippen LogP contribution in [0.3, 0.4) is 0 Å². The molecule has 0 bridgehead atoms. The summed E-state index contributed by atoms with van der Waals surface area (Å²) in [6.07, 6.45) is 1.27. The van der Waals surface area contributed by atoms with Gasteiger partial charge in [-0.05, 0) is 26.3 Å². The molecule has 0 aliphatic heterocycles. The molecular formula is C15H19N3O3. The summed E-state index contributed by atoms with van der Waals surface area (Å²) in [4.78, 5) is 11.9. The van der Waals surface area contributed by atoms with Crippen molar-refractivity contribution >= 4 is 6.09 Å². The largest absolute Gasteiger partial charge is 0.444 e. The van der Waals surface area contributed by atoms with E-state index in [0.29, 0.717) is 12.3 Å². The van der Waals surface area contributed by atoms with Crippen molar-refractivity contribution in [3.8, 4) is 0 Å². The molecule has 21 heavy (non-hydrogen) atoms. The molecule has 0 saturated heterocycles. The first-order valence-electron chi connectivity index (χ1n) is 6.73. The Hall–Kier alpha value is -2.37. The highest BCUT2D eigenvalue weighted by Crippen LogP contribution is 2.17. The van der Waals surface area contributed by atoms with E-state index in [1.807, 2.05) is 51.1 Å². The molecule has 0 aliphatic rings. The van der Waals surface area contributed by atoms with Crippen LogP contribution in [0, 0.1) is 0 Å². The summed E-state index contributed by atoms with van der Waals surface area (Å²) in [6, 6.07) is 9.33. The summed E-state index contributed by atoms with van der Waals surface area (Å²) in [5, 5.41) is 10.3. The Labute approximate surface area is 123 Å². The molecule has 2 aromatic rings. The lowest BCUT2D eigenvalue weighted by Crippen LogP contribution is -2.36. The van der Waals surface area contributed by atoms with E-state index >= 15 is 0 Å². The van der Waals surface area contributed by atoms with Gasteiger partial charge in [0.2, 0.25) is 12.3 Å². The van der Waals surface area contributed by atoms with E-state index in [-0.39, 0.29) is 0 Å². The molecule has 1 aromatic heterocycles. The molecule has 1 atom stereocenters. The zero-order valence-corrected chi connectivity index (χ0v) is 12.4. The highest BCUT2D eigenvalue weighted by atomic mass is 16.6. The number of rotatable bonds is 4. The van der Waals surface area contributed by atoms with Crippen molar-refractivity contribution in [1.82, 2.24) is 15.5 Å². The topological polar surface area (TPSA) is 77.2 Å². The van der Waals surface area contributed by atoms with Crippen molar-refractivity contribution in [2.24, 2.45) is 0 Å². The second kappa shape index (κ2) is 6.39. The van der Waals surface area contributed by atoms with E-state index in [2.05, 4.69) is 15.5 Å². The molecule has 0 fully saturated rings. The van der Waals surface area contributed by atoms with E-state index < -0.39 is 17.7 Å². The predicted octanol–water partition coefficient (Wildman–Crippen LogP) is 2.88. The van der Waals surface area contributed by atoms with Crippen LogP contribution in [0.1, 0.15) is 38.3 Å². The summed E-state index contributed by atoms with van der Waals surface area (Å²) in [5.41, 5.74) is 0.493. The average Bonchev–Trinajstić information content (AvgIpc) is 2.90. The number of carbonyl (C=O) groups excluding carboxylic acids is 1. The maximum Gasteiger partial charge on any atom is 0.408 e. The molecule has 1 amide bonds. The molecular weight excluding hydrogens is 270 g/mol. The fraction of sp³-hybridized carbons (Fsp3) is 0.400. The first kappa shape index (κ1) is 15.0. The molecule has 0 radical (unpaired) electrons. The molecule has 0 saturated carbocycles. The molecule has 1 unspecified atom stereocenters. The minimum Gasteiger partial charge on any atom is -0.444 e. The second-order valence-electron chi connectivity index (χ2n) is 5.67. The Balaban J connectivity index is 2.08. The monoisotopic (exact) mass is 289 g/mol. The zero-order valence-electron chi connectivity index (χ0n) is 12.4. The molecule has 6 heteroatoms. The molecule has 0 spiro atoms. The van der Waals surface area contributed by atoms with Crippen molar-refractivity contribution in [2.75, 3.05) is 0 Å². The van der Waals surface area contributed by atoms with Crippen LogP contribution in [-0.2, 0) is 11.2 Å². The third-order valence-electron chi connectivity index (χ3n) is 2.65. The Morgan fingerprint density at radius 3 is 2.62 bits per heavy atom. The number of hydrogen-bond acceptors (Lipinski definition) is 5. The van der Waals surface area contributed by atoms with Gasteiger partial charge in [0.05, 0.1) is 0 Å². The molecule has 112 valence electrons. The fourth-order valence-corrected chi connectivity index (χ4v) is 1.83. The maximum absolute atomic E-state index is 11.9. The number of ether oxygens (including phenoxy) is 1. The highest BCUT2D eigenvalue weighted by molar-refractivity contribution is 5.68. The summed E-state index contributed by atoms with van der Waals surface area (Å²) < 4.78 is 10.5. The van der Waals surface area contributed by atoms with Gasteiger partial charge in [0.15, 0.2) is 0 Å². The van der Waals surface area contributed by atoms with Gasteiger partial charge in [-0.15, -0.1) is 10.2 Å². The number of carbonyl (C=O) groups is 1. The van der Waals surface area contributed by atoms with Crippen molar-refractivity contribution in [2.45, 2.75) is 38.8 Å². The van der Waals surface area contributed by atoms with Crippen LogP contribution in [0.15, 0.2) is 41.1 Å². The third kappa shape index (κ3) is 4.91. The summed E-state index contributed by atoms with van der Waals surface area (Å²) in [5.74, 6) is 0.352. The van der Waals surface area contributed by atoms with Crippen LogP contribution in [0.25, 0.3) is 0 Å². The van der Waals surface area contributed by atoms with Crippen LogP contribution in [0.2, 0.25) is 0 Å². The van der Waals surface area contributed by atoms with Crippen LogP contribution in [0.5, 0.6) is 0 Å². The van der Waals surface area contributed by atoms with Crippen molar-refractivity contribution in [1.29, 1.82) is 0 Å². The smallest absolute Gasteiger partial charge is 0.408 e. The minimum absolute atomic E-state index is 0.352. The predicted molar refractivity (Wildman–Crippen MR) is 76.6 cm³/mol. The molecule has 0 aliphatic carbocycles. The number of alkyl carbamates (subject to hydrolysis) is 1. The number of amides is 1. The lowest BCUT2D eigenvalue weighted by Gasteiger charge is -2.22. The number of nitrogens with one attached hydrogen (secondary N) is 1. The lowest BCUT2D eigenvalue weighted by molar-refractivity contribution is 0.0495. The number of hydrogen-bond donors (Lipinski definition) is 1. The van der Waals surface area contributed by atoms with E-state index in [4.69, 9.17) is 9.15 Å². The SMILES string of the molecule is CC(C)(C)OC(=O)NC(Cc1ccccc1)c1nnco1. The van der Waals surface area contributed by atoms with Crippen LogP contribution < -0.4 is 5.32 Å². The zero-order chi connectivity index (χ0) is 15.3. The minimum atomic E-state index is -0.559. The van der Waals surface area contributed by atoms with Gasteiger partial charge in [0.1, 0.15) is 11.6 Å². The van der Waals surface area contributed by atoms with Crippen LogP contribution >= 0.6 is 0 Å². The van der Waals surface area contributed by atoms with Gasteiger partial charge >= 0.3 is 6.09 Å². The molecule has 1 heterocycles. The van der Waals surface area contributed by atoms with Crippen molar-refractivity contribution in [3.63, 3.8) is 0 Å². The fourth-order valence-electron chi connectivity index (χ4n) is 1.83. The van der Waals surface area contributed by atoms with Crippen molar-refractivity contribution in [3.05, 3.63) is 48.2 Å². The van der Waals surface area contributed by atoms with Crippen LogP contribution in [0.4, 0.5) is 4.79 Å². The van der Waals surface area contributed by atoms with E-state index in [1.54, 1.807) is 0 Å². The Kier molecular flexibility index (Phi) is 4.57. The van der Waals surface area contributed by atoms with Gasteiger partial charge in [-0.1, -0.05) is 30.3 Å². The average molecular weight is 289 g/mol. The number of nitrogens with zero attached hydrogens (tertiary/aromatic N) is 2. The molecule has 1 aromatic carbocycles. The van der Waals surface area contributed by atoms with Gasteiger partial charge in [0, 0.05) is 6.42 Å². The number of aromatic nitrogens is 2. The quantitative estimate of drug-likeness (QED) is 0.936. The standard InChI is InChI=1S/C15H19N3O3/c1-15(2,3)21-14(19)17-12(13-18-16-10-20-13)9-11-7-5-4-6-8-11/h4-8,10,12H,9H2,1-3H3,(H,17,19). The maximum atomic E-state index is 11.9. The molecule has 6 nitrogen and oxygen atoms in total. The Morgan fingerprint density at radius 2 is 2.05 bits per heavy atom. The number of benzene rings is 1. The van der Waals surface area contributed by atoms with Crippen LogP contribution in [-0.4, -0.2) is 21.9 Å². The van der Waals surface area contributed by atoms with Gasteiger partial charge in [0.25, 0.3) is 0 Å². The van der Waals surface area contributed by atoms with Gasteiger partial charge in [-0.2, -0.15) is 0 Å². The Bertz CT molecular complexity index is 562. The third-order valence-corrected chi connectivity index (χ3v) is 2.65. The van der Waals surface area contributed by atoms with Gasteiger partial charge < -0.3 is 14.5 Å². The summed E-state index contributed by atoms with van der Waals surface area (Å²) >= 11 is 0.